The molecule has 0 bridgehead atoms. The number of amides is 2. The topological polar surface area (TPSA) is 190 Å². The number of likely N-dealkylation sites (N-methyl/N-ethyl adjacent to an activating group) is 1. The molecule has 0 radical (unpaired) electrons. The number of aliphatic hydroxyl groups is 3. The minimum atomic E-state index is -2.69. The van der Waals surface area contributed by atoms with E-state index >= 15 is 0 Å². The molecule has 3 aliphatic rings. The highest BCUT2D eigenvalue weighted by Crippen LogP contribution is 2.53. The highest BCUT2D eigenvalue weighted by atomic mass is 127. The third-order valence-corrected chi connectivity index (χ3v) is 7.85. The van der Waals surface area contributed by atoms with Crippen molar-refractivity contribution in [2.75, 3.05) is 19.4 Å². The summed E-state index contributed by atoms with van der Waals surface area (Å²) in [5, 5.41) is 46.4. The summed E-state index contributed by atoms with van der Waals surface area (Å²) in [6, 6.07) is 0.460. The largest absolute Gasteiger partial charge is 0.510 e. The van der Waals surface area contributed by atoms with E-state index in [9.17, 15) is 39.6 Å². The number of Topliss-reactive ketones (excluding diaryl/α,β-unsaturated/α-hetero) is 2. The molecule has 3 aliphatic carbocycles. The maximum absolute atomic E-state index is 13.5. The van der Waals surface area contributed by atoms with Gasteiger partial charge in [0, 0.05) is 15.1 Å². The summed E-state index contributed by atoms with van der Waals surface area (Å²) >= 11 is 1.97. The van der Waals surface area contributed by atoms with Crippen molar-refractivity contribution in [3.05, 3.63) is 43.4 Å². The van der Waals surface area contributed by atoms with Crippen LogP contribution in [0.4, 0.5) is 5.69 Å². The molecule has 2 amide bonds. The second-order valence-electron chi connectivity index (χ2n) is 8.83. The zero-order valence-corrected chi connectivity index (χ0v) is 20.3. The van der Waals surface area contributed by atoms with Crippen molar-refractivity contribution in [2.24, 2.45) is 17.6 Å². The average molecular weight is 583 g/mol. The number of halogens is 1. The van der Waals surface area contributed by atoms with Gasteiger partial charge in [0.05, 0.1) is 17.3 Å². The highest BCUT2D eigenvalue weighted by molar-refractivity contribution is 14.1. The van der Waals surface area contributed by atoms with E-state index in [1.165, 1.54) is 11.0 Å². The number of benzene rings is 1. The fraction of sp³-hybridized carbons (Fsp3) is 0.364. The van der Waals surface area contributed by atoms with E-state index in [2.05, 4.69) is 5.32 Å². The first-order valence-electron chi connectivity index (χ1n) is 10.3. The molecule has 0 heterocycles. The molecule has 3 unspecified atom stereocenters. The van der Waals surface area contributed by atoms with E-state index in [1.807, 2.05) is 22.6 Å². The summed E-state index contributed by atoms with van der Waals surface area (Å²) in [4.78, 5) is 51.1. The highest BCUT2D eigenvalue weighted by Gasteiger charge is 2.63. The van der Waals surface area contributed by atoms with Crippen LogP contribution >= 0.6 is 22.6 Å². The maximum atomic E-state index is 13.5. The van der Waals surface area contributed by atoms with Crippen LogP contribution in [0.3, 0.4) is 0 Å². The van der Waals surface area contributed by atoms with Crippen molar-refractivity contribution < 1.29 is 39.6 Å². The van der Waals surface area contributed by atoms with Crippen molar-refractivity contribution in [1.29, 1.82) is 0 Å². The molecule has 0 aliphatic heterocycles. The Labute approximate surface area is 207 Å². The van der Waals surface area contributed by atoms with Crippen LogP contribution in [0.15, 0.2) is 28.7 Å². The third-order valence-electron chi connectivity index (χ3n) is 6.88. The molecule has 4 rings (SSSR count). The number of aromatic hydroxyl groups is 1. The number of nitrogens with zero attached hydrogens (tertiary/aromatic N) is 1. The number of nitrogens with one attached hydrogen (secondary N) is 1. The number of phenols is 1. The molecule has 11 nitrogen and oxygen atoms in total. The van der Waals surface area contributed by atoms with Crippen LogP contribution in [0, 0.1) is 15.4 Å². The molecule has 0 saturated heterocycles. The number of carbonyl (C=O) groups is 4. The summed E-state index contributed by atoms with van der Waals surface area (Å²) in [6.07, 6.45) is 0.531. The minimum Gasteiger partial charge on any atom is -0.510 e. The fourth-order valence-corrected chi connectivity index (χ4v) is 6.25. The zero-order chi connectivity index (χ0) is 25.3. The van der Waals surface area contributed by atoms with E-state index in [4.69, 9.17) is 5.73 Å². The second-order valence-corrected chi connectivity index (χ2v) is 10.00. The fourth-order valence-electron chi connectivity index (χ4n) is 5.45. The van der Waals surface area contributed by atoms with Crippen LogP contribution in [0.25, 0.3) is 0 Å². The second kappa shape index (κ2) is 8.06. The Hall–Kier alpha value is -2.97. The number of rotatable bonds is 4. The number of hydrogen-bond acceptors (Lipinski definition) is 9. The van der Waals surface area contributed by atoms with Gasteiger partial charge in [0.2, 0.25) is 12.2 Å². The Morgan fingerprint density at radius 1 is 1.29 bits per heavy atom. The molecule has 0 spiro atoms. The maximum Gasteiger partial charge on any atom is 0.255 e. The quantitative estimate of drug-likeness (QED) is 0.125. The van der Waals surface area contributed by atoms with Crippen molar-refractivity contribution in [3.63, 3.8) is 0 Å². The Morgan fingerprint density at radius 3 is 2.50 bits per heavy atom. The predicted octanol–water partition coefficient (Wildman–Crippen LogP) is 0.294. The first-order valence-corrected chi connectivity index (χ1v) is 11.3. The van der Waals surface area contributed by atoms with Crippen LogP contribution in [0.1, 0.15) is 22.3 Å². The van der Waals surface area contributed by atoms with Gasteiger partial charge < -0.3 is 31.5 Å². The summed E-state index contributed by atoms with van der Waals surface area (Å²) in [5.74, 6) is -7.17. The van der Waals surface area contributed by atoms with Crippen molar-refractivity contribution in [2.45, 2.75) is 24.5 Å². The molecule has 1 aromatic carbocycles. The number of nitrogens with two attached hydrogens (primary N) is 1. The van der Waals surface area contributed by atoms with Gasteiger partial charge in [-0.15, -0.1) is 0 Å². The lowest BCUT2D eigenvalue weighted by Crippen LogP contribution is -2.63. The van der Waals surface area contributed by atoms with Gasteiger partial charge in [0.1, 0.15) is 17.1 Å². The van der Waals surface area contributed by atoms with Gasteiger partial charge in [-0.2, -0.15) is 0 Å². The van der Waals surface area contributed by atoms with E-state index < -0.39 is 63.8 Å². The molecule has 4 atom stereocenters. The Morgan fingerprint density at radius 2 is 1.94 bits per heavy atom. The first-order chi connectivity index (χ1) is 15.9. The van der Waals surface area contributed by atoms with Gasteiger partial charge >= 0.3 is 0 Å². The first kappa shape index (κ1) is 24.2. The SMILES string of the molecule is CN(C)[C@@H]1C(O)=C(C(N)=O)C(=O)C2(O)C(O)=C3C(=O)c4c(O)c(NC=O)cc(I)c4CC3CC12. The van der Waals surface area contributed by atoms with Gasteiger partial charge in [-0.25, -0.2) is 0 Å². The van der Waals surface area contributed by atoms with Crippen molar-refractivity contribution in [3.8, 4) is 5.75 Å². The monoisotopic (exact) mass is 583 g/mol. The number of fused-ring (bicyclic) bond motifs is 3. The van der Waals surface area contributed by atoms with Gasteiger partial charge in [0.25, 0.3) is 5.91 Å². The number of ketones is 2. The van der Waals surface area contributed by atoms with Gasteiger partial charge in [-0.05, 0) is 67.1 Å². The molecule has 7 N–H and O–H groups in total. The number of anilines is 1. The van der Waals surface area contributed by atoms with E-state index in [0.29, 0.717) is 15.5 Å². The Bertz CT molecular complexity index is 1240. The lowest BCUT2D eigenvalue weighted by atomic mass is 9.58. The molecule has 0 aromatic heterocycles. The van der Waals surface area contributed by atoms with E-state index in [0.717, 1.165) is 0 Å². The average Bonchev–Trinajstić information content (AvgIpc) is 2.74. The Balaban J connectivity index is 1.97. The van der Waals surface area contributed by atoms with Crippen LogP contribution in [0.5, 0.6) is 5.75 Å². The van der Waals surface area contributed by atoms with Gasteiger partial charge in [-0.3, -0.25) is 24.1 Å². The normalized spacial score (nSPS) is 28.4. The van der Waals surface area contributed by atoms with Gasteiger partial charge in [-0.1, -0.05) is 0 Å². The molecule has 34 heavy (non-hydrogen) atoms. The lowest BCUT2D eigenvalue weighted by Gasteiger charge is -2.50. The van der Waals surface area contributed by atoms with Crippen LogP contribution in [-0.2, 0) is 20.8 Å². The minimum absolute atomic E-state index is 0.0109. The zero-order valence-electron chi connectivity index (χ0n) is 18.1. The van der Waals surface area contributed by atoms with Crippen LogP contribution < -0.4 is 11.1 Å². The van der Waals surface area contributed by atoms with E-state index in [-0.39, 0.29) is 29.7 Å². The number of carbonyl (C=O) groups excluding carboxylic acids is 4. The summed E-state index contributed by atoms with van der Waals surface area (Å²) in [6.45, 7) is 0. The summed E-state index contributed by atoms with van der Waals surface area (Å²) < 4.78 is 0.588. The molecule has 180 valence electrons. The molecule has 0 saturated carbocycles. The lowest BCUT2D eigenvalue weighted by molar-refractivity contribution is -0.148. The molecule has 0 fully saturated rings. The predicted molar refractivity (Wildman–Crippen MR) is 126 cm³/mol. The standard InChI is InChI=1S/C22H22IN3O8/c1-26(2)15-9-4-7-3-8-10(23)5-11(25-6-27)16(28)13(8)17(29)12(7)19(31)22(9,34)20(32)14(18(15)30)21(24)33/h5-7,9,15,28,30-31,34H,3-4H2,1-2H3,(H2,24,33)(H,25,27)/t7?,9?,15-,22?/m0/s1. The number of phenolic OH excluding ortho intramolecular Hbond substituents is 1. The number of allylic oxidation sites excluding steroid dienone is 1. The van der Waals surface area contributed by atoms with Crippen molar-refractivity contribution in [1.82, 2.24) is 4.90 Å². The number of hydrogen-bond donors (Lipinski definition) is 6. The molecular formula is C22H22IN3O8. The molecule has 1 aromatic rings. The van der Waals surface area contributed by atoms with Gasteiger partial charge in [0.15, 0.2) is 17.1 Å². The van der Waals surface area contributed by atoms with Crippen LogP contribution in [-0.4, -0.2) is 74.9 Å². The van der Waals surface area contributed by atoms with E-state index in [1.54, 1.807) is 14.1 Å². The number of primary amides is 1. The smallest absolute Gasteiger partial charge is 0.255 e. The van der Waals surface area contributed by atoms with Crippen LogP contribution in [0.2, 0.25) is 0 Å². The summed E-state index contributed by atoms with van der Waals surface area (Å²) in [7, 11) is 3.13. The molecular weight excluding hydrogens is 561 g/mol. The molecule has 12 heteroatoms. The summed E-state index contributed by atoms with van der Waals surface area (Å²) in [5.41, 5.74) is 1.82. The number of aliphatic hydroxyl groups excluding tert-OH is 2. The van der Waals surface area contributed by atoms with Crippen molar-refractivity contribution >= 4 is 52.2 Å². The Kier molecular flexibility index (Phi) is 5.73. The third kappa shape index (κ3) is 3.08.